The molecule has 1 aliphatic rings. The Kier molecular flexibility index (Phi) is 11.4. The molecule has 1 amide bonds. The molecule has 1 N–H and O–H groups in total. The number of carbonyl (C=O) groups is 2. The Balaban J connectivity index is 1.88. The highest BCUT2D eigenvalue weighted by atomic mass is 16.6. The molecule has 0 radical (unpaired) electrons. The smallest absolute Gasteiger partial charge is 0.410 e. The third-order valence-corrected chi connectivity index (χ3v) is 6.08. The van der Waals surface area contributed by atoms with E-state index in [0.717, 1.165) is 44.1 Å². The maximum absolute atomic E-state index is 12.8. The van der Waals surface area contributed by atoms with Crippen molar-refractivity contribution < 1.29 is 28.9 Å². The Labute approximate surface area is 192 Å². The number of hydrogen-bond acceptors (Lipinski definition) is 5. The first-order valence-corrected chi connectivity index (χ1v) is 12.0. The van der Waals surface area contributed by atoms with Gasteiger partial charge in [-0.3, -0.25) is 0 Å². The lowest BCUT2D eigenvalue weighted by molar-refractivity contribution is -0.149. The van der Waals surface area contributed by atoms with E-state index in [1.54, 1.807) is 11.8 Å². The quantitative estimate of drug-likeness (QED) is 0.434. The second-order valence-electron chi connectivity index (χ2n) is 8.40. The summed E-state index contributed by atoms with van der Waals surface area (Å²) < 4.78 is 16.9. The van der Waals surface area contributed by atoms with E-state index in [1.165, 1.54) is 0 Å². The van der Waals surface area contributed by atoms with Gasteiger partial charge in [0.15, 0.2) is 6.10 Å². The van der Waals surface area contributed by atoms with Crippen molar-refractivity contribution in [3.8, 4) is 5.75 Å². The Bertz CT molecular complexity index is 682. The standard InChI is InChI=1S/C25H39NO6/c1-4-19(5-2)18-26(25(29)32-22-9-7-8-10-22)15-16-31-21-13-11-20(12-14-21)17-23(24(27)28)30-6-3/h11-14,19,22-23H,4-10,15-18H2,1-3H3,(H,27,28). The van der Waals surface area contributed by atoms with Crippen LogP contribution in [0.25, 0.3) is 0 Å². The summed E-state index contributed by atoms with van der Waals surface area (Å²) >= 11 is 0. The molecule has 2 rings (SSSR count). The number of amides is 1. The molecule has 0 bridgehead atoms. The number of nitrogens with zero attached hydrogens (tertiary/aromatic N) is 1. The summed E-state index contributed by atoms with van der Waals surface area (Å²) in [5.74, 6) is 0.163. The maximum atomic E-state index is 12.8. The Morgan fingerprint density at radius 3 is 2.31 bits per heavy atom. The third-order valence-electron chi connectivity index (χ3n) is 6.08. The van der Waals surface area contributed by atoms with Gasteiger partial charge in [0.25, 0.3) is 0 Å². The van der Waals surface area contributed by atoms with Crippen molar-refractivity contribution in [2.45, 2.75) is 77.9 Å². The first-order chi connectivity index (χ1) is 15.5. The molecule has 0 aromatic heterocycles. The van der Waals surface area contributed by atoms with E-state index in [4.69, 9.17) is 14.2 Å². The number of carbonyl (C=O) groups excluding carboxylic acids is 1. The number of carboxylic acids is 1. The predicted octanol–water partition coefficient (Wildman–Crippen LogP) is 4.92. The summed E-state index contributed by atoms with van der Waals surface area (Å²) in [7, 11) is 0. The molecule has 1 fully saturated rings. The molecule has 0 saturated heterocycles. The van der Waals surface area contributed by atoms with Gasteiger partial charge in [-0.25, -0.2) is 9.59 Å². The number of hydrogen-bond donors (Lipinski definition) is 1. The minimum atomic E-state index is -0.964. The van der Waals surface area contributed by atoms with Crippen LogP contribution in [0.1, 0.15) is 64.9 Å². The zero-order chi connectivity index (χ0) is 23.3. The molecular formula is C25H39NO6. The molecule has 1 aromatic carbocycles. The second kappa shape index (κ2) is 14.0. The Morgan fingerprint density at radius 1 is 1.09 bits per heavy atom. The average Bonchev–Trinajstić information content (AvgIpc) is 3.29. The average molecular weight is 450 g/mol. The lowest BCUT2D eigenvalue weighted by Gasteiger charge is -2.27. The zero-order valence-corrected chi connectivity index (χ0v) is 19.8. The van der Waals surface area contributed by atoms with E-state index < -0.39 is 12.1 Å². The number of benzene rings is 1. The van der Waals surface area contributed by atoms with Crippen molar-refractivity contribution in [3.63, 3.8) is 0 Å². The van der Waals surface area contributed by atoms with Crippen molar-refractivity contribution in [1.82, 2.24) is 4.90 Å². The molecule has 1 atom stereocenters. The summed E-state index contributed by atoms with van der Waals surface area (Å²) in [5, 5.41) is 9.23. The molecule has 1 aromatic rings. The van der Waals surface area contributed by atoms with Gasteiger partial charge < -0.3 is 24.2 Å². The third kappa shape index (κ3) is 8.69. The fourth-order valence-corrected chi connectivity index (χ4v) is 3.97. The second-order valence-corrected chi connectivity index (χ2v) is 8.40. The van der Waals surface area contributed by atoms with E-state index in [2.05, 4.69) is 13.8 Å². The largest absolute Gasteiger partial charge is 0.492 e. The van der Waals surface area contributed by atoms with E-state index in [-0.39, 0.29) is 12.2 Å². The molecule has 1 aliphatic carbocycles. The number of ether oxygens (including phenoxy) is 3. The van der Waals surface area contributed by atoms with Crippen molar-refractivity contribution >= 4 is 12.1 Å². The van der Waals surface area contributed by atoms with Crippen LogP contribution in [0.15, 0.2) is 24.3 Å². The highest BCUT2D eigenvalue weighted by Crippen LogP contribution is 2.22. The molecule has 7 heteroatoms. The van der Waals surface area contributed by atoms with Crippen molar-refractivity contribution in [2.75, 3.05) is 26.3 Å². The van der Waals surface area contributed by atoms with Gasteiger partial charge in [0.05, 0.1) is 6.54 Å². The Morgan fingerprint density at radius 2 is 1.75 bits per heavy atom. The van der Waals surface area contributed by atoms with Crippen LogP contribution in [0.2, 0.25) is 0 Å². The first kappa shape index (κ1) is 26.0. The minimum Gasteiger partial charge on any atom is -0.492 e. The van der Waals surface area contributed by atoms with E-state index >= 15 is 0 Å². The molecule has 0 spiro atoms. The molecular weight excluding hydrogens is 410 g/mol. The first-order valence-electron chi connectivity index (χ1n) is 12.0. The molecule has 0 aliphatic heterocycles. The van der Waals surface area contributed by atoms with Crippen LogP contribution in [0.5, 0.6) is 5.75 Å². The van der Waals surface area contributed by atoms with Crippen LogP contribution in [-0.4, -0.2) is 60.6 Å². The highest BCUT2D eigenvalue weighted by Gasteiger charge is 2.24. The van der Waals surface area contributed by atoms with Gasteiger partial charge in [0.1, 0.15) is 18.5 Å². The van der Waals surface area contributed by atoms with Crippen LogP contribution in [0.4, 0.5) is 4.79 Å². The lowest BCUT2D eigenvalue weighted by atomic mass is 10.0. The topological polar surface area (TPSA) is 85.3 Å². The van der Waals surface area contributed by atoms with E-state index in [0.29, 0.717) is 44.4 Å². The molecule has 1 unspecified atom stereocenters. The summed E-state index contributed by atoms with van der Waals surface area (Å²) in [6.45, 7) is 7.94. The molecule has 7 nitrogen and oxygen atoms in total. The highest BCUT2D eigenvalue weighted by molar-refractivity contribution is 5.72. The van der Waals surface area contributed by atoms with Crippen molar-refractivity contribution in [1.29, 1.82) is 0 Å². The van der Waals surface area contributed by atoms with Gasteiger partial charge in [0, 0.05) is 19.6 Å². The zero-order valence-electron chi connectivity index (χ0n) is 19.8. The van der Waals surface area contributed by atoms with Gasteiger partial charge >= 0.3 is 12.1 Å². The lowest BCUT2D eigenvalue weighted by Crippen LogP contribution is -2.39. The van der Waals surface area contributed by atoms with Gasteiger partial charge in [-0.05, 0) is 56.2 Å². The minimum absolute atomic E-state index is 0.0477. The fraction of sp³-hybridized carbons (Fsp3) is 0.680. The van der Waals surface area contributed by atoms with Gasteiger partial charge in [-0.15, -0.1) is 0 Å². The summed E-state index contributed by atoms with van der Waals surface area (Å²) in [6, 6.07) is 7.34. The maximum Gasteiger partial charge on any atom is 0.410 e. The van der Waals surface area contributed by atoms with Crippen LogP contribution in [-0.2, 0) is 20.7 Å². The van der Waals surface area contributed by atoms with Crippen LogP contribution in [0, 0.1) is 5.92 Å². The van der Waals surface area contributed by atoms with Crippen LogP contribution in [0.3, 0.4) is 0 Å². The van der Waals surface area contributed by atoms with Gasteiger partial charge in [-0.1, -0.05) is 38.8 Å². The molecule has 1 saturated carbocycles. The summed E-state index contributed by atoms with van der Waals surface area (Å²) in [6.07, 6.45) is 5.47. The fourth-order valence-electron chi connectivity index (χ4n) is 3.97. The molecule has 32 heavy (non-hydrogen) atoms. The number of rotatable bonds is 14. The summed E-state index contributed by atoms with van der Waals surface area (Å²) in [5.41, 5.74) is 0.869. The normalized spacial score (nSPS) is 15.0. The van der Waals surface area contributed by atoms with Crippen molar-refractivity contribution in [2.24, 2.45) is 5.92 Å². The monoisotopic (exact) mass is 449 g/mol. The molecule has 180 valence electrons. The molecule has 0 heterocycles. The van der Waals surface area contributed by atoms with Crippen LogP contribution < -0.4 is 4.74 Å². The van der Waals surface area contributed by atoms with E-state index in [1.807, 2.05) is 24.3 Å². The Hall–Kier alpha value is -2.28. The number of carboxylic acid groups (broad SMARTS) is 1. The predicted molar refractivity (Wildman–Crippen MR) is 123 cm³/mol. The van der Waals surface area contributed by atoms with Gasteiger partial charge in [-0.2, -0.15) is 0 Å². The van der Waals surface area contributed by atoms with E-state index in [9.17, 15) is 14.7 Å². The van der Waals surface area contributed by atoms with Gasteiger partial charge in [0.2, 0.25) is 0 Å². The number of aliphatic carboxylic acids is 1. The SMILES string of the molecule is CCOC(Cc1ccc(OCCN(CC(CC)CC)C(=O)OC2CCCC2)cc1)C(=O)O. The summed E-state index contributed by atoms with van der Waals surface area (Å²) in [4.78, 5) is 25.8. The van der Waals surface area contributed by atoms with Crippen LogP contribution >= 0.6 is 0 Å². The van der Waals surface area contributed by atoms with Crippen molar-refractivity contribution in [3.05, 3.63) is 29.8 Å².